The maximum absolute atomic E-state index is 11.8. The number of phenolic OH excluding ortho intramolecular Hbond substituents is 1. The number of amides is 1. The van der Waals surface area contributed by atoms with Gasteiger partial charge in [0.15, 0.2) is 6.29 Å². The smallest absolute Gasteiger partial charge is 0.221 e. The van der Waals surface area contributed by atoms with Crippen molar-refractivity contribution in [3.63, 3.8) is 0 Å². The van der Waals surface area contributed by atoms with Gasteiger partial charge in [-0.3, -0.25) is 9.59 Å². The van der Waals surface area contributed by atoms with Gasteiger partial charge in [0.1, 0.15) is 18.1 Å². The van der Waals surface area contributed by atoms with Gasteiger partial charge in [0, 0.05) is 23.7 Å². The zero-order valence-corrected chi connectivity index (χ0v) is 19.1. The van der Waals surface area contributed by atoms with Crippen molar-refractivity contribution in [2.75, 3.05) is 5.32 Å². The highest BCUT2D eigenvalue weighted by molar-refractivity contribution is 6.12. The molecular formula is C30H23NO4. The third-order valence-corrected chi connectivity index (χ3v) is 5.96. The lowest BCUT2D eigenvalue weighted by Crippen LogP contribution is -2.06. The van der Waals surface area contributed by atoms with Crippen molar-refractivity contribution in [1.82, 2.24) is 0 Å². The summed E-state index contributed by atoms with van der Waals surface area (Å²) in [6.45, 7) is 1.72. The molecule has 5 aromatic carbocycles. The average Bonchev–Trinajstić information content (AvgIpc) is 2.87. The summed E-state index contributed by atoms with van der Waals surface area (Å²) in [5.74, 6) is 0.363. The summed E-state index contributed by atoms with van der Waals surface area (Å²) in [5.41, 5.74) is 3.08. The van der Waals surface area contributed by atoms with Gasteiger partial charge in [-0.25, -0.2) is 0 Å². The highest BCUT2D eigenvalue weighted by Crippen LogP contribution is 2.46. The first kappa shape index (κ1) is 22.2. The first-order chi connectivity index (χ1) is 17.0. The van der Waals surface area contributed by atoms with Crippen LogP contribution in [-0.4, -0.2) is 17.3 Å². The van der Waals surface area contributed by atoms with Crippen LogP contribution in [0.15, 0.2) is 91.0 Å². The standard InChI is InChI=1S/C30H23NO4/c1-19(33)31-24-10-6-7-20(15-24)18-35-27-14-13-21-8-2-4-11-25(21)28(27)29-26-12-5-3-9-22(26)16-23(17-32)30(29)34/h2-17,34H,18H2,1H3,(H,31,33). The Kier molecular flexibility index (Phi) is 5.90. The van der Waals surface area contributed by atoms with E-state index in [1.54, 1.807) is 6.07 Å². The van der Waals surface area contributed by atoms with Crippen molar-refractivity contribution < 1.29 is 19.4 Å². The van der Waals surface area contributed by atoms with Crippen LogP contribution in [-0.2, 0) is 11.4 Å². The summed E-state index contributed by atoms with van der Waals surface area (Å²) in [6.07, 6.45) is 0.671. The van der Waals surface area contributed by atoms with E-state index in [4.69, 9.17) is 4.74 Å². The van der Waals surface area contributed by atoms with E-state index in [2.05, 4.69) is 5.32 Å². The van der Waals surface area contributed by atoms with Gasteiger partial charge in [0.05, 0.1) is 5.56 Å². The topological polar surface area (TPSA) is 75.6 Å². The monoisotopic (exact) mass is 461 g/mol. The number of carbonyl (C=O) groups excluding carboxylic acids is 2. The molecule has 0 radical (unpaired) electrons. The van der Waals surface area contributed by atoms with Gasteiger partial charge in [-0.1, -0.05) is 66.7 Å². The molecule has 0 aliphatic carbocycles. The number of anilines is 1. The molecule has 5 heteroatoms. The van der Waals surface area contributed by atoms with Crippen molar-refractivity contribution >= 4 is 39.4 Å². The molecule has 0 aromatic heterocycles. The average molecular weight is 462 g/mol. The highest BCUT2D eigenvalue weighted by atomic mass is 16.5. The summed E-state index contributed by atoms with van der Waals surface area (Å²) >= 11 is 0. The molecule has 0 heterocycles. The SMILES string of the molecule is CC(=O)Nc1cccc(COc2ccc3ccccc3c2-c2c(O)c(C=O)cc3ccccc23)c1. The molecule has 1 amide bonds. The van der Waals surface area contributed by atoms with Crippen molar-refractivity contribution in [2.45, 2.75) is 13.5 Å². The van der Waals surface area contributed by atoms with Crippen LogP contribution in [0.3, 0.4) is 0 Å². The van der Waals surface area contributed by atoms with E-state index < -0.39 is 0 Å². The zero-order valence-electron chi connectivity index (χ0n) is 19.1. The number of fused-ring (bicyclic) bond motifs is 2. The third kappa shape index (κ3) is 4.32. The van der Waals surface area contributed by atoms with Gasteiger partial charge < -0.3 is 15.2 Å². The lowest BCUT2D eigenvalue weighted by molar-refractivity contribution is -0.114. The number of ether oxygens (including phenoxy) is 1. The van der Waals surface area contributed by atoms with E-state index in [1.807, 2.05) is 84.9 Å². The van der Waals surface area contributed by atoms with Gasteiger partial charge >= 0.3 is 0 Å². The third-order valence-electron chi connectivity index (χ3n) is 5.96. The van der Waals surface area contributed by atoms with E-state index in [-0.39, 0.29) is 23.8 Å². The second-order valence-electron chi connectivity index (χ2n) is 8.36. The van der Waals surface area contributed by atoms with E-state index in [1.165, 1.54) is 6.92 Å². The Morgan fingerprint density at radius 2 is 1.57 bits per heavy atom. The summed E-state index contributed by atoms with van der Waals surface area (Å²) in [6, 6.07) is 28.6. The fourth-order valence-corrected chi connectivity index (χ4v) is 4.43. The predicted octanol–water partition coefficient (Wildman–Crippen LogP) is 6.72. The van der Waals surface area contributed by atoms with Crippen LogP contribution in [0.1, 0.15) is 22.8 Å². The second-order valence-corrected chi connectivity index (χ2v) is 8.36. The molecule has 0 saturated heterocycles. The molecule has 0 fully saturated rings. The number of benzene rings is 5. The van der Waals surface area contributed by atoms with Gasteiger partial charge in [0.25, 0.3) is 0 Å². The van der Waals surface area contributed by atoms with Gasteiger partial charge in [-0.2, -0.15) is 0 Å². The number of carbonyl (C=O) groups is 2. The summed E-state index contributed by atoms with van der Waals surface area (Å²) in [5, 5.41) is 17.6. The molecule has 0 spiro atoms. The van der Waals surface area contributed by atoms with Crippen LogP contribution in [0.4, 0.5) is 5.69 Å². The van der Waals surface area contributed by atoms with E-state index in [0.29, 0.717) is 23.3 Å². The second kappa shape index (κ2) is 9.31. The van der Waals surface area contributed by atoms with Gasteiger partial charge in [-0.15, -0.1) is 0 Å². The largest absolute Gasteiger partial charge is 0.507 e. The van der Waals surface area contributed by atoms with Crippen LogP contribution in [0.5, 0.6) is 11.5 Å². The van der Waals surface area contributed by atoms with Crippen LogP contribution in [0.25, 0.3) is 32.7 Å². The van der Waals surface area contributed by atoms with Crippen LogP contribution < -0.4 is 10.1 Å². The summed E-state index contributed by atoms with van der Waals surface area (Å²) in [4.78, 5) is 23.2. The van der Waals surface area contributed by atoms with Crippen molar-refractivity contribution in [3.05, 3.63) is 102 Å². The fourth-order valence-electron chi connectivity index (χ4n) is 4.43. The maximum Gasteiger partial charge on any atom is 0.221 e. The molecule has 0 unspecified atom stereocenters. The Morgan fingerprint density at radius 1 is 0.857 bits per heavy atom. The minimum absolute atomic E-state index is 0.0763. The molecule has 0 atom stereocenters. The first-order valence-electron chi connectivity index (χ1n) is 11.3. The molecule has 0 saturated carbocycles. The Hall–Kier alpha value is -4.64. The Morgan fingerprint density at radius 3 is 2.31 bits per heavy atom. The van der Waals surface area contributed by atoms with Crippen LogP contribution in [0.2, 0.25) is 0 Å². The molecule has 172 valence electrons. The number of rotatable bonds is 6. The number of nitrogens with one attached hydrogen (secondary N) is 1. The molecule has 35 heavy (non-hydrogen) atoms. The normalized spacial score (nSPS) is 10.9. The highest BCUT2D eigenvalue weighted by Gasteiger charge is 2.20. The van der Waals surface area contributed by atoms with E-state index in [9.17, 15) is 14.7 Å². The fraction of sp³-hybridized carbons (Fsp3) is 0.0667. The molecule has 5 rings (SSSR count). The predicted molar refractivity (Wildman–Crippen MR) is 139 cm³/mol. The quantitative estimate of drug-likeness (QED) is 0.275. The number of hydrogen-bond acceptors (Lipinski definition) is 4. The molecular weight excluding hydrogens is 438 g/mol. The van der Waals surface area contributed by atoms with Crippen molar-refractivity contribution in [1.29, 1.82) is 0 Å². The molecule has 0 bridgehead atoms. The Labute approximate surface area is 202 Å². The van der Waals surface area contributed by atoms with E-state index in [0.717, 1.165) is 32.7 Å². The molecule has 5 nitrogen and oxygen atoms in total. The molecule has 0 aliphatic rings. The maximum atomic E-state index is 11.8. The number of aromatic hydroxyl groups is 1. The Balaban J connectivity index is 1.68. The van der Waals surface area contributed by atoms with Gasteiger partial charge in [-0.05, 0) is 51.4 Å². The van der Waals surface area contributed by atoms with Gasteiger partial charge in [0.2, 0.25) is 5.91 Å². The lowest BCUT2D eigenvalue weighted by Gasteiger charge is -2.18. The minimum Gasteiger partial charge on any atom is -0.507 e. The molecule has 0 aliphatic heterocycles. The number of hydrogen-bond donors (Lipinski definition) is 2. The number of aldehydes is 1. The summed E-state index contributed by atoms with van der Waals surface area (Å²) < 4.78 is 6.31. The first-order valence-corrected chi connectivity index (χ1v) is 11.3. The lowest BCUT2D eigenvalue weighted by atomic mass is 9.90. The summed E-state index contributed by atoms with van der Waals surface area (Å²) in [7, 11) is 0. The van der Waals surface area contributed by atoms with Crippen molar-refractivity contribution in [3.8, 4) is 22.6 Å². The minimum atomic E-state index is -0.141. The molecule has 2 N–H and O–H groups in total. The van der Waals surface area contributed by atoms with Crippen LogP contribution >= 0.6 is 0 Å². The van der Waals surface area contributed by atoms with Crippen molar-refractivity contribution in [2.24, 2.45) is 0 Å². The zero-order chi connectivity index (χ0) is 24.4. The number of phenols is 1. The van der Waals surface area contributed by atoms with E-state index >= 15 is 0 Å². The molecule has 5 aromatic rings. The van der Waals surface area contributed by atoms with Crippen LogP contribution in [0, 0.1) is 0 Å². The Bertz CT molecular complexity index is 1590.